The van der Waals surface area contributed by atoms with Gasteiger partial charge in [-0.25, -0.2) is 4.79 Å². The second kappa shape index (κ2) is 6.97. The van der Waals surface area contributed by atoms with Crippen LogP contribution in [0, 0.1) is 0 Å². The molecule has 0 radical (unpaired) electrons. The summed E-state index contributed by atoms with van der Waals surface area (Å²) in [5.41, 5.74) is -0.908. The molecule has 1 heterocycles. The number of hydrogen-bond acceptors (Lipinski definition) is 3. The highest BCUT2D eigenvalue weighted by Crippen LogP contribution is 2.41. The van der Waals surface area contributed by atoms with Crippen molar-refractivity contribution in [1.82, 2.24) is 0 Å². The fraction of sp³-hybridized carbons (Fsp3) is 0.588. The number of anilines is 1. The molecule has 8 heteroatoms. The van der Waals surface area contributed by atoms with E-state index in [-0.39, 0.29) is 12.1 Å². The number of carbonyl (C=O) groups is 1. The Kier molecular flexibility index (Phi) is 5.51. The van der Waals surface area contributed by atoms with Crippen LogP contribution in [-0.2, 0) is 21.7 Å². The average molecular weight is 377 g/mol. The number of benzene rings is 1. The van der Waals surface area contributed by atoms with Crippen molar-refractivity contribution in [2.75, 3.05) is 17.2 Å². The topological polar surface area (TPSA) is 46.6 Å². The lowest BCUT2D eigenvalue weighted by atomic mass is 9.98. The molecule has 0 aromatic heterocycles. The van der Waals surface area contributed by atoms with Gasteiger partial charge < -0.3 is 4.74 Å². The van der Waals surface area contributed by atoms with Gasteiger partial charge in [-0.2, -0.15) is 13.2 Å². The molecule has 0 aliphatic carbocycles. The molecule has 0 spiro atoms. The molecule has 0 N–H and O–H groups in total. The minimum Gasteiger partial charge on any atom is -0.443 e. The van der Waals surface area contributed by atoms with Crippen molar-refractivity contribution >= 4 is 22.6 Å². The molecule has 0 saturated heterocycles. The fourth-order valence-corrected chi connectivity index (χ4v) is 3.98. The van der Waals surface area contributed by atoms with E-state index in [1.54, 1.807) is 27.7 Å². The van der Waals surface area contributed by atoms with E-state index in [9.17, 15) is 22.2 Å². The number of rotatable bonds is 2. The molecule has 0 bridgehead atoms. The van der Waals surface area contributed by atoms with Crippen molar-refractivity contribution in [1.29, 1.82) is 0 Å². The quantitative estimate of drug-likeness (QED) is 0.753. The predicted molar refractivity (Wildman–Crippen MR) is 91.1 cm³/mol. The minimum absolute atomic E-state index is 0.254. The first-order valence-electron chi connectivity index (χ1n) is 8.03. The number of ether oxygens (including phenoxy) is 1. The van der Waals surface area contributed by atoms with E-state index in [0.29, 0.717) is 17.9 Å². The monoisotopic (exact) mass is 377 g/mol. The van der Waals surface area contributed by atoms with E-state index in [4.69, 9.17) is 4.74 Å². The third kappa shape index (κ3) is 4.54. The molecule has 1 aromatic rings. The molecule has 0 saturated carbocycles. The summed E-state index contributed by atoms with van der Waals surface area (Å²) in [5.74, 6) is 0.340. The largest absolute Gasteiger partial charge is 0.443 e. The van der Waals surface area contributed by atoms with Crippen LogP contribution in [0.2, 0.25) is 0 Å². The maximum absolute atomic E-state index is 13.1. The third-order valence-corrected chi connectivity index (χ3v) is 5.52. The molecular formula is C17H22F3NO3S. The first kappa shape index (κ1) is 19.8. The van der Waals surface area contributed by atoms with Gasteiger partial charge in [0.25, 0.3) is 0 Å². The van der Waals surface area contributed by atoms with E-state index in [1.807, 2.05) is 0 Å². The standard InChI is InChI=1S/C17H22F3NO3S/c1-5-25(23)14-8-9-21(15(22)24-16(2,3)4)13-7-6-11(10-12(13)14)17(18,19)20/h6-7,10,14H,5,8-9H2,1-4H3. The van der Waals surface area contributed by atoms with Crippen LogP contribution >= 0.6 is 0 Å². The number of amides is 1. The van der Waals surface area contributed by atoms with Gasteiger partial charge in [-0.15, -0.1) is 0 Å². The molecule has 25 heavy (non-hydrogen) atoms. The Morgan fingerprint density at radius 1 is 1.32 bits per heavy atom. The zero-order valence-corrected chi connectivity index (χ0v) is 15.5. The van der Waals surface area contributed by atoms with Crippen molar-refractivity contribution in [3.8, 4) is 0 Å². The summed E-state index contributed by atoms with van der Waals surface area (Å²) >= 11 is 0. The molecule has 1 aliphatic rings. The number of carbonyl (C=O) groups excluding carboxylic acids is 1. The van der Waals surface area contributed by atoms with Crippen LogP contribution in [0.4, 0.5) is 23.7 Å². The maximum Gasteiger partial charge on any atom is 0.416 e. The number of alkyl halides is 3. The lowest BCUT2D eigenvalue weighted by molar-refractivity contribution is -0.137. The first-order chi connectivity index (χ1) is 11.4. The second-order valence-corrected chi connectivity index (χ2v) is 8.76. The number of fused-ring (bicyclic) bond motifs is 1. The van der Waals surface area contributed by atoms with E-state index in [1.165, 1.54) is 11.0 Å². The van der Waals surface area contributed by atoms with Gasteiger partial charge in [-0.3, -0.25) is 9.11 Å². The number of nitrogens with zero attached hydrogens (tertiary/aromatic N) is 1. The van der Waals surface area contributed by atoms with Gasteiger partial charge >= 0.3 is 12.3 Å². The number of halogens is 3. The van der Waals surface area contributed by atoms with Crippen molar-refractivity contribution in [3.63, 3.8) is 0 Å². The van der Waals surface area contributed by atoms with Gasteiger partial charge in [0.15, 0.2) is 0 Å². The predicted octanol–water partition coefficient (Wildman–Crippen LogP) is 4.66. The summed E-state index contributed by atoms with van der Waals surface area (Å²) in [6.07, 6.45) is -4.79. The zero-order valence-electron chi connectivity index (χ0n) is 14.6. The van der Waals surface area contributed by atoms with Crippen LogP contribution in [0.15, 0.2) is 18.2 Å². The van der Waals surface area contributed by atoms with E-state index < -0.39 is 39.5 Å². The van der Waals surface area contributed by atoms with Crippen LogP contribution in [-0.4, -0.2) is 28.2 Å². The minimum atomic E-state index is -4.50. The Morgan fingerprint density at radius 2 is 1.96 bits per heavy atom. The highest BCUT2D eigenvalue weighted by molar-refractivity contribution is 7.85. The van der Waals surface area contributed by atoms with Gasteiger partial charge in [0.1, 0.15) is 5.60 Å². The van der Waals surface area contributed by atoms with E-state index in [2.05, 4.69) is 0 Å². The lowest BCUT2D eigenvalue weighted by Gasteiger charge is -2.35. The smallest absolute Gasteiger partial charge is 0.416 e. The van der Waals surface area contributed by atoms with E-state index >= 15 is 0 Å². The van der Waals surface area contributed by atoms with Crippen LogP contribution in [0.3, 0.4) is 0 Å². The van der Waals surface area contributed by atoms with Gasteiger partial charge in [-0.05, 0) is 51.0 Å². The highest BCUT2D eigenvalue weighted by atomic mass is 32.2. The Hall–Kier alpha value is -1.57. The van der Waals surface area contributed by atoms with Gasteiger partial charge in [0.05, 0.1) is 16.5 Å². The molecule has 0 fully saturated rings. The summed E-state index contributed by atoms with van der Waals surface area (Å²) in [7, 11) is -1.30. The van der Waals surface area contributed by atoms with Gasteiger partial charge in [-0.1, -0.05) is 6.92 Å². The summed E-state index contributed by atoms with van der Waals surface area (Å²) in [4.78, 5) is 13.7. The summed E-state index contributed by atoms with van der Waals surface area (Å²) in [6.45, 7) is 7.14. The Bertz CT molecular complexity index is 683. The summed E-state index contributed by atoms with van der Waals surface area (Å²) < 4.78 is 56.8. The number of hydrogen-bond donors (Lipinski definition) is 0. The third-order valence-electron chi connectivity index (χ3n) is 3.82. The fourth-order valence-electron chi connectivity index (χ4n) is 2.74. The molecule has 1 aromatic carbocycles. The molecule has 2 unspecified atom stereocenters. The lowest BCUT2D eigenvalue weighted by Crippen LogP contribution is -2.41. The molecule has 2 atom stereocenters. The summed E-state index contributed by atoms with van der Waals surface area (Å²) in [6, 6.07) is 3.21. The van der Waals surface area contributed by atoms with Crippen molar-refractivity contribution in [3.05, 3.63) is 29.3 Å². The average Bonchev–Trinajstić information content (AvgIpc) is 2.49. The normalized spacial score (nSPS) is 19.3. The van der Waals surface area contributed by atoms with E-state index in [0.717, 1.165) is 12.1 Å². The Labute approximate surface area is 147 Å². The second-order valence-electron chi connectivity index (χ2n) is 6.85. The zero-order chi connectivity index (χ0) is 19.0. The SMILES string of the molecule is CCS(=O)C1CCN(C(=O)OC(C)(C)C)c2ccc(C(F)(F)F)cc21. The first-order valence-corrected chi connectivity index (χ1v) is 9.41. The van der Waals surface area contributed by atoms with Crippen LogP contribution < -0.4 is 4.90 Å². The molecule has 1 amide bonds. The molecule has 2 rings (SSSR count). The van der Waals surface area contributed by atoms with Crippen molar-refractivity contribution in [2.45, 2.75) is 51.1 Å². The van der Waals surface area contributed by atoms with Crippen molar-refractivity contribution < 1.29 is 26.9 Å². The Morgan fingerprint density at radius 3 is 2.48 bits per heavy atom. The van der Waals surface area contributed by atoms with Gasteiger partial charge in [0.2, 0.25) is 0 Å². The maximum atomic E-state index is 13.1. The van der Waals surface area contributed by atoms with Crippen LogP contribution in [0.5, 0.6) is 0 Å². The molecular weight excluding hydrogens is 355 g/mol. The Balaban J connectivity index is 2.48. The molecule has 140 valence electrons. The van der Waals surface area contributed by atoms with Crippen LogP contribution in [0.1, 0.15) is 50.5 Å². The summed E-state index contributed by atoms with van der Waals surface area (Å²) in [5, 5.41) is -0.527. The molecule has 4 nitrogen and oxygen atoms in total. The molecule has 1 aliphatic heterocycles. The van der Waals surface area contributed by atoms with Crippen LogP contribution in [0.25, 0.3) is 0 Å². The van der Waals surface area contributed by atoms with Crippen molar-refractivity contribution in [2.24, 2.45) is 0 Å². The highest BCUT2D eigenvalue weighted by Gasteiger charge is 2.37. The van der Waals surface area contributed by atoms with Gasteiger partial charge in [0, 0.05) is 23.1 Å².